The fraction of sp³-hybridized carbons (Fsp3) is 0.250. The Morgan fingerprint density at radius 2 is 2.29 bits per heavy atom. The van der Waals surface area contributed by atoms with Gasteiger partial charge < -0.3 is 5.32 Å². The highest BCUT2D eigenvalue weighted by Crippen LogP contribution is 2.11. The van der Waals surface area contributed by atoms with E-state index >= 15 is 0 Å². The lowest BCUT2D eigenvalue weighted by atomic mass is 10.2. The van der Waals surface area contributed by atoms with Gasteiger partial charge in [-0.05, 0) is 13.0 Å². The van der Waals surface area contributed by atoms with E-state index in [1.165, 1.54) is 4.88 Å². The summed E-state index contributed by atoms with van der Waals surface area (Å²) in [6.07, 6.45) is 3.51. The van der Waals surface area contributed by atoms with Crippen molar-refractivity contribution in [3.05, 3.63) is 45.7 Å². The second kappa shape index (κ2) is 5.53. The molecule has 0 aromatic carbocycles. The van der Waals surface area contributed by atoms with Crippen molar-refractivity contribution in [2.24, 2.45) is 0 Å². The molecule has 4 nitrogen and oxygen atoms in total. The Morgan fingerprint density at radius 1 is 1.41 bits per heavy atom. The third-order valence-corrected chi connectivity index (χ3v) is 3.19. The fourth-order valence-corrected chi connectivity index (χ4v) is 2.25. The van der Waals surface area contributed by atoms with Gasteiger partial charge in [-0.3, -0.25) is 0 Å². The Balaban J connectivity index is 1.92. The van der Waals surface area contributed by atoms with Crippen molar-refractivity contribution in [3.63, 3.8) is 0 Å². The molecule has 0 saturated heterocycles. The Bertz CT molecular complexity index is 541. The van der Waals surface area contributed by atoms with Crippen molar-refractivity contribution in [2.75, 3.05) is 0 Å². The Morgan fingerprint density at radius 3 is 3.00 bits per heavy atom. The van der Waals surface area contributed by atoms with Gasteiger partial charge in [0.05, 0.1) is 5.01 Å². The van der Waals surface area contributed by atoms with Crippen LogP contribution in [0, 0.1) is 18.3 Å². The van der Waals surface area contributed by atoms with E-state index in [-0.39, 0.29) is 0 Å². The van der Waals surface area contributed by atoms with E-state index in [2.05, 4.69) is 21.4 Å². The summed E-state index contributed by atoms with van der Waals surface area (Å²) in [4.78, 5) is 9.40. The van der Waals surface area contributed by atoms with Crippen molar-refractivity contribution in [1.29, 1.82) is 5.26 Å². The molecule has 0 radical (unpaired) electrons. The zero-order chi connectivity index (χ0) is 12.1. The first-order valence-corrected chi connectivity index (χ1v) is 6.07. The highest BCUT2D eigenvalue weighted by Gasteiger charge is 2.02. The van der Waals surface area contributed by atoms with Crippen LogP contribution in [0.4, 0.5) is 0 Å². The summed E-state index contributed by atoms with van der Waals surface area (Å²) < 4.78 is 0. The van der Waals surface area contributed by atoms with E-state index in [4.69, 9.17) is 5.26 Å². The monoisotopic (exact) mass is 244 g/mol. The maximum absolute atomic E-state index is 8.89. The molecule has 0 atom stereocenters. The number of hydrogen-bond donors (Lipinski definition) is 1. The van der Waals surface area contributed by atoms with Crippen LogP contribution < -0.4 is 5.32 Å². The minimum Gasteiger partial charge on any atom is -0.308 e. The lowest BCUT2D eigenvalue weighted by molar-refractivity contribution is 0.696. The average molecular weight is 244 g/mol. The molecule has 0 bridgehead atoms. The maximum atomic E-state index is 8.89. The lowest BCUT2D eigenvalue weighted by Gasteiger charge is -2.03. The molecule has 17 heavy (non-hydrogen) atoms. The smallest absolute Gasteiger partial charge is 0.144 e. The summed E-state index contributed by atoms with van der Waals surface area (Å²) in [5.41, 5.74) is 1.41. The van der Waals surface area contributed by atoms with Crippen LogP contribution in [-0.2, 0) is 13.1 Å². The Hall–Kier alpha value is -1.77. The summed E-state index contributed by atoms with van der Waals surface area (Å²) >= 11 is 1.68. The predicted molar refractivity (Wildman–Crippen MR) is 66.3 cm³/mol. The highest BCUT2D eigenvalue weighted by molar-refractivity contribution is 7.11. The van der Waals surface area contributed by atoms with Crippen molar-refractivity contribution in [2.45, 2.75) is 20.0 Å². The van der Waals surface area contributed by atoms with Crippen LogP contribution in [0.25, 0.3) is 0 Å². The molecule has 1 N–H and O–H groups in total. The van der Waals surface area contributed by atoms with Gasteiger partial charge in [-0.1, -0.05) is 6.07 Å². The van der Waals surface area contributed by atoms with Crippen LogP contribution >= 0.6 is 11.3 Å². The molecular weight excluding hydrogens is 232 g/mol. The van der Waals surface area contributed by atoms with Crippen LogP contribution in [0.2, 0.25) is 0 Å². The van der Waals surface area contributed by atoms with Gasteiger partial charge in [0.1, 0.15) is 11.8 Å². The minimum atomic E-state index is 0.487. The number of thiazole rings is 1. The molecule has 0 unspecified atom stereocenters. The van der Waals surface area contributed by atoms with E-state index in [0.717, 1.165) is 17.1 Å². The van der Waals surface area contributed by atoms with Gasteiger partial charge >= 0.3 is 0 Å². The zero-order valence-electron chi connectivity index (χ0n) is 9.47. The number of aryl methyl sites for hydroxylation is 1. The van der Waals surface area contributed by atoms with Gasteiger partial charge in [-0.15, -0.1) is 11.3 Å². The molecule has 0 spiro atoms. The maximum Gasteiger partial charge on any atom is 0.144 e. The van der Waals surface area contributed by atoms with Crippen LogP contribution in [-0.4, -0.2) is 9.97 Å². The number of nitrogens with zero attached hydrogens (tertiary/aromatic N) is 3. The second-order valence-electron chi connectivity index (χ2n) is 3.57. The third-order valence-electron chi connectivity index (χ3n) is 2.28. The number of nitrogens with one attached hydrogen (secondary N) is 1. The third kappa shape index (κ3) is 3.09. The number of aromatic nitrogens is 2. The molecule has 0 fully saturated rings. The molecule has 86 valence electrons. The molecule has 2 aromatic rings. The molecule has 2 rings (SSSR count). The fourth-order valence-electron chi connectivity index (χ4n) is 1.49. The number of pyridine rings is 1. The molecule has 2 heterocycles. The van der Waals surface area contributed by atoms with E-state index in [0.29, 0.717) is 12.2 Å². The first kappa shape index (κ1) is 11.7. The van der Waals surface area contributed by atoms with Crippen LogP contribution in [0.15, 0.2) is 24.5 Å². The normalized spacial score (nSPS) is 10.1. The molecule has 5 heteroatoms. The number of rotatable bonds is 4. The largest absolute Gasteiger partial charge is 0.308 e. The molecule has 0 aliphatic carbocycles. The number of hydrogen-bond acceptors (Lipinski definition) is 5. The van der Waals surface area contributed by atoms with Gasteiger partial charge in [0, 0.05) is 35.9 Å². The first-order valence-electron chi connectivity index (χ1n) is 5.25. The minimum absolute atomic E-state index is 0.487. The van der Waals surface area contributed by atoms with Crippen molar-refractivity contribution in [1.82, 2.24) is 15.3 Å². The van der Waals surface area contributed by atoms with E-state index in [1.807, 2.05) is 25.3 Å². The molecule has 0 aliphatic rings. The first-order chi connectivity index (χ1) is 8.29. The molecule has 0 saturated carbocycles. The standard InChI is InChI=1S/C12H12N4S/c1-9-16-8-11(17-9)7-14-6-10-3-2-4-15-12(10)5-13/h2-4,8,14H,6-7H2,1H3. The van der Waals surface area contributed by atoms with Crippen molar-refractivity contribution >= 4 is 11.3 Å². The predicted octanol–water partition coefficient (Wildman–Crippen LogP) is 2.01. The van der Waals surface area contributed by atoms with Crippen LogP contribution in [0.3, 0.4) is 0 Å². The summed E-state index contributed by atoms with van der Waals surface area (Å²) in [5.74, 6) is 0. The van der Waals surface area contributed by atoms with E-state index < -0.39 is 0 Å². The van der Waals surface area contributed by atoms with Gasteiger partial charge in [0.25, 0.3) is 0 Å². The quantitative estimate of drug-likeness (QED) is 0.893. The van der Waals surface area contributed by atoms with Crippen LogP contribution in [0.5, 0.6) is 0 Å². The van der Waals surface area contributed by atoms with Gasteiger partial charge in [-0.25, -0.2) is 9.97 Å². The van der Waals surface area contributed by atoms with Crippen molar-refractivity contribution in [3.8, 4) is 6.07 Å². The summed E-state index contributed by atoms with van der Waals surface area (Å²) in [5, 5.41) is 13.2. The van der Waals surface area contributed by atoms with Crippen LogP contribution in [0.1, 0.15) is 21.1 Å². The summed E-state index contributed by atoms with van der Waals surface area (Å²) in [7, 11) is 0. The highest BCUT2D eigenvalue weighted by atomic mass is 32.1. The van der Waals surface area contributed by atoms with Gasteiger partial charge in [-0.2, -0.15) is 5.26 Å². The molecule has 0 amide bonds. The SMILES string of the molecule is Cc1ncc(CNCc2cccnc2C#N)s1. The Labute approximate surface area is 104 Å². The lowest BCUT2D eigenvalue weighted by Crippen LogP contribution is -2.13. The number of nitriles is 1. The topological polar surface area (TPSA) is 61.6 Å². The van der Waals surface area contributed by atoms with Gasteiger partial charge in [0.2, 0.25) is 0 Å². The van der Waals surface area contributed by atoms with Gasteiger partial charge in [0.15, 0.2) is 0 Å². The zero-order valence-corrected chi connectivity index (χ0v) is 10.3. The molecule has 2 aromatic heterocycles. The molecular formula is C12H12N4S. The second-order valence-corrected chi connectivity index (χ2v) is 4.89. The van der Waals surface area contributed by atoms with E-state index in [9.17, 15) is 0 Å². The van der Waals surface area contributed by atoms with Crippen molar-refractivity contribution < 1.29 is 0 Å². The van der Waals surface area contributed by atoms with E-state index in [1.54, 1.807) is 17.5 Å². The summed E-state index contributed by atoms with van der Waals surface area (Å²) in [6, 6.07) is 5.84. The molecule has 0 aliphatic heterocycles. The average Bonchev–Trinajstić information content (AvgIpc) is 2.76. The Kier molecular flexibility index (Phi) is 3.81. The summed E-state index contributed by atoms with van der Waals surface area (Å²) in [6.45, 7) is 3.40.